The van der Waals surface area contributed by atoms with Crippen LogP contribution in [-0.2, 0) is 0 Å². The molecule has 13 aromatic rings. The monoisotopic (exact) mass is 765 g/mol. The highest BCUT2D eigenvalue weighted by molar-refractivity contribution is 6.20. The Hall–Kier alpha value is -8.15. The highest BCUT2D eigenvalue weighted by Crippen LogP contribution is 2.42. The molecular weight excluding hydrogens is 735 g/mol. The van der Waals surface area contributed by atoms with Gasteiger partial charge in [0.2, 0.25) is 0 Å². The molecule has 0 aliphatic carbocycles. The number of furan rings is 2. The molecule has 0 saturated heterocycles. The molecule has 3 aromatic heterocycles. The largest absolute Gasteiger partial charge is 0.456 e. The Morgan fingerprint density at radius 1 is 0.267 bits per heavy atom. The smallest absolute Gasteiger partial charge is 0.164 e. The molecule has 5 nitrogen and oxygen atoms in total. The number of aromatic nitrogens is 3. The molecule has 0 atom stereocenters. The van der Waals surface area contributed by atoms with Crippen molar-refractivity contribution in [2.24, 2.45) is 0 Å². The molecule has 0 unspecified atom stereocenters. The van der Waals surface area contributed by atoms with E-state index in [1.54, 1.807) is 0 Å². The predicted molar refractivity (Wildman–Crippen MR) is 246 cm³/mol. The van der Waals surface area contributed by atoms with E-state index < -0.39 is 0 Å². The summed E-state index contributed by atoms with van der Waals surface area (Å²) < 4.78 is 12.6. The number of fused-ring (bicyclic) bond motifs is 12. The zero-order chi connectivity index (χ0) is 39.3. The van der Waals surface area contributed by atoms with Crippen molar-refractivity contribution in [1.29, 1.82) is 0 Å². The van der Waals surface area contributed by atoms with E-state index in [1.165, 1.54) is 16.2 Å². The van der Waals surface area contributed by atoms with Crippen molar-refractivity contribution in [3.05, 3.63) is 188 Å². The summed E-state index contributed by atoms with van der Waals surface area (Å²) in [5, 5.41) is 13.5. The van der Waals surface area contributed by atoms with Gasteiger partial charge < -0.3 is 8.83 Å². The molecule has 0 aliphatic rings. The molecule has 0 saturated carbocycles. The van der Waals surface area contributed by atoms with Gasteiger partial charge in [0.05, 0.1) is 0 Å². The highest BCUT2D eigenvalue weighted by atomic mass is 16.3. The van der Waals surface area contributed by atoms with Crippen molar-refractivity contribution in [3.8, 4) is 45.3 Å². The number of hydrogen-bond donors (Lipinski definition) is 0. The lowest BCUT2D eigenvalue weighted by atomic mass is 9.92. The summed E-state index contributed by atoms with van der Waals surface area (Å²) in [7, 11) is 0. The molecule has 0 aliphatic heterocycles. The van der Waals surface area contributed by atoms with Crippen LogP contribution in [0.2, 0.25) is 0 Å². The molecule has 5 heteroatoms. The Kier molecular flexibility index (Phi) is 6.95. The summed E-state index contributed by atoms with van der Waals surface area (Å²) in [6, 6.07) is 65.7. The summed E-state index contributed by atoms with van der Waals surface area (Å²) in [4.78, 5) is 15.9. The van der Waals surface area contributed by atoms with Crippen LogP contribution in [0.3, 0.4) is 0 Å². The van der Waals surface area contributed by atoms with Gasteiger partial charge >= 0.3 is 0 Å². The van der Waals surface area contributed by atoms with E-state index in [0.29, 0.717) is 17.5 Å². The highest BCUT2D eigenvalue weighted by Gasteiger charge is 2.20. The second-order valence-electron chi connectivity index (χ2n) is 15.5. The summed E-state index contributed by atoms with van der Waals surface area (Å²) in [6.07, 6.45) is 0. The summed E-state index contributed by atoms with van der Waals surface area (Å²) in [5.41, 5.74) is 8.46. The van der Waals surface area contributed by atoms with Crippen LogP contribution in [0, 0.1) is 0 Å². The quantitative estimate of drug-likeness (QED) is 0.167. The maximum absolute atomic E-state index is 6.31. The molecule has 0 fully saturated rings. The van der Waals surface area contributed by atoms with Gasteiger partial charge in [-0.15, -0.1) is 0 Å². The van der Waals surface area contributed by atoms with Gasteiger partial charge in [0, 0.05) is 38.2 Å². The van der Waals surface area contributed by atoms with E-state index in [2.05, 4.69) is 158 Å². The summed E-state index contributed by atoms with van der Waals surface area (Å²) >= 11 is 0. The van der Waals surface area contributed by atoms with Crippen LogP contribution in [0.25, 0.3) is 132 Å². The minimum absolute atomic E-state index is 0.600. The minimum atomic E-state index is 0.600. The van der Waals surface area contributed by atoms with Crippen LogP contribution in [-0.4, -0.2) is 15.0 Å². The van der Waals surface area contributed by atoms with Gasteiger partial charge in [0.25, 0.3) is 0 Å². The topological polar surface area (TPSA) is 65.0 Å². The van der Waals surface area contributed by atoms with E-state index in [1.807, 2.05) is 30.3 Å². The standard InChI is InChI=1S/C55H31N3O2/c1-2-11-37-32(10-1)20-22-34-30-35(24-26-38(34)37)53-56-54(36-23-21-33-25-29-50-52(46(33)31-36)45-15-6-8-18-48(45)60-50)58-55(57-53)43-28-27-41(39-12-3-4-13-40(39)43)42-16-9-19-49-51(42)44-14-5-7-17-47(44)59-49/h1-31H. The van der Waals surface area contributed by atoms with E-state index >= 15 is 0 Å². The second kappa shape index (κ2) is 12.7. The molecule has 10 aromatic carbocycles. The number of nitrogens with zero attached hydrogens (tertiary/aromatic N) is 3. The fourth-order valence-corrected chi connectivity index (χ4v) is 9.32. The molecule has 60 heavy (non-hydrogen) atoms. The van der Waals surface area contributed by atoms with Gasteiger partial charge in [-0.2, -0.15) is 0 Å². The third kappa shape index (κ3) is 4.96. The molecule has 0 N–H and O–H groups in total. The molecule has 0 bridgehead atoms. The molecule has 3 heterocycles. The predicted octanol–water partition coefficient (Wildman–Crippen LogP) is 15.0. The summed E-state index contributed by atoms with van der Waals surface area (Å²) in [5.74, 6) is 1.82. The fraction of sp³-hybridized carbons (Fsp3) is 0. The van der Waals surface area contributed by atoms with Gasteiger partial charge in [-0.1, -0.05) is 146 Å². The van der Waals surface area contributed by atoms with Crippen LogP contribution in [0.15, 0.2) is 197 Å². The Bertz CT molecular complexity index is 3910. The van der Waals surface area contributed by atoms with Crippen LogP contribution >= 0.6 is 0 Å². The molecule has 13 rings (SSSR count). The van der Waals surface area contributed by atoms with Crippen molar-refractivity contribution in [1.82, 2.24) is 15.0 Å². The van der Waals surface area contributed by atoms with Gasteiger partial charge in [0.1, 0.15) is 22.3 Å². The van der Waals surface area contributed by atoms with E-state index in [4.69, 9.17) is 23.8 Å². The summed E-state index contributed by atoms with van der Waals surface area (Å²) in [6.45, 7) is 0. The molecular formula is C55H31N3O2. The number of benzene rings is 10. The maximum Gasteiger partial charge on any atom is 0.164 e. The Morgan fingerprint density at radius 3 is 1.58 bits per heavy atom. The van der Waals surface area contributed by atoms with Gasteiger partial charge in [-0.25, -0.2) is 15.0 Å². The van der Waals surface area contributed by atoms with Crippen molar-refractivity contribution >= 4 is 87.0 Å². The minimum Gasteiger partial charge on any atom is -0.456 e. The Balaban J connectivity index is 1.05. The normalized spacial score (nSPS) is 12.0. The number of para-hydroxylation sites is 2. The zero-order valence-corrected chi connectivity index (χ0v) is 32.1. The lowest BCUT2D eigenvalue weighted by Crippen LogP contribution is -2.01. The van der Waals surface area contributed by atoms with Crippen LogP contribution in [0.4, 0.5) is 0 Å². The van der Waals surface area contributed by atoms with E-state index in [9.17, 15) is 0 Å². The number of rotatable bonds is 4. The van der Waals surface area contributed by atoms with Crippen molar-refractivity contribution in [3.63, 3.8) is 0 Å². The average Bonchev–Trinajstić information content (AvgIpc) is 3.90. The molecule has 0 radical (unpaired) electrons. The maximum atomic E-state index is 6.31. The Labute approximate surface area is 342 Å². The molecule has 0 amide bonds. The second-order valence-corrected chi connectivity index (χ2v) is 15.5. The van der Waals surface area contributed by atoms with Gasteiger partial charge in [-0.3, -0.25) is 0 Å². The van der Waals surface area contributed by atoms with Crippen molar-refractivity contribution in [2.45, 2.75) is 0 Å². The first-order valence-corrected chi connectivity index (χ1v) is 20.2. The Morgan fingerprint density at radius 2 is 0.783 bits per heavy atom. The van der Waals surface area contributed by atoms with Crippen LogP contribution < -0.4 is 0 Å². The van der Waals surface area contributed by atoms with Crippen LogP contribution in [0.1, 0.15) is 0 Å². The van der Waals surface area contributed by atoms with Gasteiger partial charge in [-0.05, 0) is 96.7 Å². The van der Waals surface area contributed by atoms with Crippen LogP contribution in [0.5, 0.6) is 0 Å². The first-order valence-electron chi connectivity index (χ1n) is 20.2. The van der Waals surface area contributed by atoms with Gasteiger partial charge in [0.15, 0.2) is 17.5 Å². The average molecular weight is 766 g/mol. The van der Waals surface area contributed by atoms with E-state index in [0.717, 1.165) is 98.6 Å². The van der Waals surface area contributed by atoms with Crippen molar-refractivity contribution in [2.75, 3.05) is 0 Å². The zero-order valence-electron chi connectivity index (χ0n) is 32.1. The first kappa shape index (κ1) is 32.9. The lowest BCUT2D eigenvalue weighted by Gasteiger charge is -2.14. The van der Waals surface area contributed by atoms with Crippen molar-refractivity contribution < 1.29 is 8.83 Å². The van der Waals surface area contributed by atoms with E-state index in [-0.39, 0.29) is 0 Å². The fourth-order valence-electron chi connectivity index (χ4n) is 9.32. The third-order valence-corrected chi connectivity index (χ3v) is 12.1. The SMILES string of the molecule is c1ccc2c(c1)ccc1cc(-c3nc(-c4ccc5ccc6oc7ccccc7c6c5c4)nc(-c4ccc(-c5cccc6oc7ccccc7c56)c5ccccc45)n3)ccc12. The number of hydrogen-bond acceptors (Lipinski definition) is 5. The first-order chi connectivity index (χ1) is 29.7. The molecule has 278 valence electrons. The third-order valence-electron chi connectivity index (χ3n) is 12.1. The molecule has 0 spiro atoms. The lowest BCUT2D eigenvalue weighted by molar-refractivity contribution is 0.668.